The number of rotatable bonds is 8. The molecule has 0 radical (unpaired) electrons. The van der Waals surface area contributed by atoms with Gasteiger partial charge in [0.15, 0.2) is 0 Å². The first kappa shape index (κ1) is 17.5. The van der Waals surface area contributed by atoms with Crippen molar-refractivity contribution in [2.75, 3.05) is 32.2 Å². The minimum Gasteiger partial charge on any atom is -0.489 e. The molecule has 0 heterocycles. The first-order valence-electron chi connectivity index (χ1n) is 7.23. The lowest BCUT2D eigenvalue weighted by Crippen LogP contribution is -2.33. The van der Waals surface area contributed by atoms with Crippen molar-refractivity contribution in [3.63, 3.8) is 0 Å². The van der Waals surface area contributed by atoms with Crippen molar-refractivity contribution >= 4 is 11.6 Å². The second kappa shape index (κ2) is 8.64. The Morgan fingerprint density at radius 2 is 2.05 bits per heavy atom. The van der Waals surface area contributed by atoms with Gasteiger partial charge in [0, 0.05) is 13.7 Å². The number of benzene rings is 1. The summed E-state index contributed by atoms with van der Waals surface area (Å²) in [5.74, 6) is 0.560. The van der Waals surface area contributed by atoms with E-state index in [4.69, 9.17) is 15.2 Å². The highest BCUT2D eigenvalue weighted by Gasteiger charge is 2.21. The zero-order valence-corrected chi connectivity index (χ0v) is 13.3. The molecule has 1 unspecified atom stereocenters. The summed E-state index contributed by atoms with van der Waals surface area (Å²) in [5.41, 5.74) is 7.42. The largest absolute Gasteiger partial charge is 0.489 e. The van der Waals surface area contributed by atoms with E-state index in [1.54, 1.807) is 7.11 Å². The number of aryl methyl sites for hydroxylation is 1. The van der Waals surface area contributed by atoms with E-state index in [0.717, 1.165) is 5.56 Å². The molecule has 1 rings (SSSR count). The van der Waals surface area contributed by atoms with Gasteiger partial charge in [-0.05, 0) is 30.5 Å². The number of carbonyl (C=O) groups excluding carboxylic acids is 1. The Kier molecular flexibility index (Phi) is 7.19. The van der Waals surface area contributed by atoms with E-state index in [0.29, 0.717) is 31.2 Å². The third kappa shape index (κ3) is 5.36. The highest BCUT2D eigenvalue weighted by molar-refractivity contribution is 5.94. The van der Waals surface area contributed by atoms with Gasteiger partial charge >= 0.3 is 0 Å². The van der Waals surface area contributed by atoms with Crippen LogP contribution in [0.4, 0.5) is 5.69 Å². The SMILES string of the molecule is COCCOc1cc(C)ccc1NC(=O)C(CN)C(C)C. The van der Waals surface area contributed by atoms with Crippen molar-refractivity contribution < 1.29 is 14.3 Å². The molecular weight excluding hydrogens is 268 g/mol. The van der Waals surface area contributed by atoms with Gasteiger partial charge in [-0.3, -0.25) is 4.79 Å². The fourth-order valence-corrected chi connectivity index (χ4v) is 1.99. The van der Waals surface area contributed by atoms with Crippen LogP contribution in [0.1, 0.15) is 19.4 Å². The van der Waals surface area contributed by atoms with E-state index in [-0.39, 0.29) is 17.7 Å². The molecule has 0 aliphatic heterocycles. The van der Waals surface area contributed by atoms with Gasteiger partial charge in [-0.1, -0.05) is 19.9 Å². The maximum atomic E-state index is 12.3. The molecule has 0 aromatic heterocycles. The average Bonchev–Trinajstić information content (AvgIpc) is 2.42. The van der Waals surface area contributed by atoms with Crippen molar-refractivity contribution in [2.24, 2.45) is 17.6 Å². The van der Waals surface area contributed by atoms with E-state index in [2.05, 4.69) is 5.32 Å². The van der Waals surface area contributed by atoms with E-state index in [1.165, 1.54) is 0 Å². The Labute approximate surface area is 126 Å². The molecule has 1 aromatic carbocycles. The number of methoxy groups -OCH3 is 1. The fourth-order valence-electron chi connectivity index (χ4n) is 1.99. The van der Waals surface area contributed by atoms with Crippen LogP contribution in [0.3, 0.4) is 0 Å². The van der Waals surface area contributed by atoms with Crippen LogP contribution in [-0.2, 0) is 9.53 Å². The normalized spacial score (nSPS) is 12.3. The zero-order valence-electron chi connectivity index (χ0n) is 13.3. The Bertz CT molecular complexity index is 461. The average molecular weight is 294 g/mol. The molecule has 0 bridgehead atoms. The Balaban J connectivity index is 2.83. The molecular formula is C16H26N2O3. The molecule has 21 heavy (non-hydrogen) atoms. The lowest BCUT2D eigenvalue weighted by Gasteiger charge is -2.20. The number of amides is 1. The summed E-state index contributed by atoms with van der Waals surface area (Å²) >= 11 is 0. The molecule has 5 nitrogen and oxygen atoms in total. The number of hydrogen-bond acceptors (Lipinski definition) is 4. The van der Waals surface area contributed by atoms with Crippen molar-refractivity contribution in [1.82, 2.24) is 0 Å². The van der Waals surface area contributed by atoms with Crippen LogP contribution in [0, 0.1) is 18.8 Å². The number of anilines is 1. The van der Waals surface area contributed by atoms with E-state index in [1.807, 2.05) is 39.0 Å². The van der Waals surface area contributed by atoms with Crippen LogP contribution in [0.15, 0.2) is 18.2 Å². The third-order valence-corrected chi connectivity index (χ3v) is 3.34. The van der Waals surface area contributed by atoms with Gasteiger partial charge in [-0.25, -0.2) is 0 Å². The molecule has 0 spiro atoms. The van der Waals surface area contributed by atoms with E-state index in [9.17, 15) is 4.79 Å². The summed E-state index contributed by atoms with van der Waals surface area (Å²) in [6, 6.07) is 5.69. The third-order valence-electron chi connectivity index (χ3n) is 3.34. The van der Waals surface area contributed by atoms with E-state index < -0.39 is 0 Å². The Morgan fingerprint density at radius 1 is 1.33 bits per heavy atom. The molecule has 0 aliphatic carbocycles. The number of hydrogen-bond donors (Lipinski definition) is 2. The minimum absolute atomic E-state index is 0.0760. The van der Waals surface area contributed by atoms with Gasteiger partial charge in [0.05, 0.1) is 18.2 Å². The lowest BCUT2D eigenvalue weighted by atomic mass is 9.95. The molecule has 0 aliphatic rings. The highest BCUT2D eigenvalue weighted by atomic mass is 16.5. The smallest absolute Gasteiger partial charge is 0.229 e. The minimum atomic E-state index is -0.210. The van der Waals surface area contributed by atoms with Gasteiger partial charge in [-0.15, -0.1) is 0 Å². The highest BCUT2D eigenvalue weighted by Crippen LogP contribution is 2.26. The second-order valence-electron chi connectivity index (χ2n) is 5.42. The second-order valence-corrected chi connectivity index (χ2v) is 5.42. The standard InChI is InChI=1S/C16H26N2O3/c1-11(2)13(10-17)16(19)18-14-6-5-12(3)9-15(14)21-8-7-20-4/h5-6,9,11,13H,7-8,10,17H2,1-4H3,(H,18,19). The molecule has 1 aromatic rings. The summed E-state index contributed by atoms with van der Waals surface area (Å²) in [4.78, 5) is 12.3. The topological polar surface area (TPSA) is 73.6 Å². The monoisotopic (exact) mass is 294 g/mol. The van der Waals surface area contributed by atoms with E-state index >= 15 is 0 Å². The molecule has 0 saturated heterocycles. The summed E-state index contributed by atoms with van der Waals surface area (Å²) in [5, 5.41) is 2.91. The molecule has 5 heteroatoms. The van der Waals surface area contributed by atoms with Crippen LogP contribution < -0.4 is 15.8 Å². The van der Waals surface area contributed by atoms with Crippen molar-refractivity contribution in [2.45, 2.75) is 20.8 Å². The number of nitrogens with one attached hydrogen (secondary N) is 1. The summed E-state index contributed by atoms with van der Waals surface area (Å²) < 4.78 is 10.6. The molecule has 1 amide bonds. The van der Waals surface area contributed by atoms with Crippen molar-refractivity contribution in [3.05, 3.63) is 23.8 Å². The van der Waals surface area contributed by atoms with Crippen molar-refractivity contribution in [3.8, 4) is 5.75 Å². The Hall–Kier alpha value is -1.59. The predicted molar refractivity (Wildman–Crippen MR) is 84.6 cm³/mol. The number of carbonyl (C=O) groups is 1. The van der Waals surface area contributed by atoms with Crippen molar-refractivity contribution in [1.29, 1.82) is 0 Å². The zero-order chi connectivity index (χ0) is 15.8. The van der Waals surface area contributed by atoms with Gasteiger partial charge in [0.25, 0.3) is 0 Å². The fraction of sp³-hybridized carbons (Fsp3) is 0.562. The number of ether oxygens (including phenoxy) is 2. The molecule has 0 saturated carbocycles. The van der Waals surface area contributed by atoms with Crippen LogP contribution >= 0.6 is 0 Å². The molecule has 1 atom stereocenters. The summed E-state index contributed by atoms with van der Waals surface area (Å²) in [6.45, 7) is 7.22. The van der Waals surface area contributed by atoms with Crippen LogP contribution in [0.2, 0.25) is 0 Å². The van der Waals surface area contributed by atoms with Gasteiger partial charge < -0.3 is 20.5 Å². The molecule has 3 N–H and O–H groups in total. The molecule has 118 valence electrons. The maximum absolute atomic E-state index is 12.3. The van der Waals surface area contributed by atoms with Gasteiger partial charge in [0.1, 0.15) is 12.4 Å². The first-order chi connectivity index (χ1) is 9.99. The predicted octanol–water partition coefficient (Wildman–Crippen LogP) is 2.19. The summed E-state index contributed by atoms with van der Waals surface area (Å²) in [6.07, 6.45) is 0. The summed E-state index contributed by atoms with van der Waals surface area (Å²) in [7, 11) is 1.62. The van der Waals surface area contributed by atoms with Crippen LogP contribution in [0.25, 0.3) is 0 Å². The quantitative estimate of drug-likeness (QED) is 0.721. The van der Waals surface area contributed by atoms with Crippen LogP contribution in [0.5, 0.6) is 5.75 Å². The first-order valence-corrected chi connectivity index (χ1v) is 7.23. The van der Waals surface area contributed by atoms with Crippen LogP contribution in [-0.4, -0.2) is 32.8 Å². The maximum Gasteiger partial charge on any atom is 0.229 e. The van der Waals surface area contributed by atoms with Gasteiger partial charge in [0.2, 0.25) is 5.91 Å². The number of nitrogens with two attached hydrogens (primary N) is 1. The van der Waals surface area contributed by atoms with Gasteiger partial charge in [-0.2, -0.15) is 0 Å². The lowest BCUT2D eigenvalue weighted by molar-refractivity contribution is -0.120. The Morgan fingerprint density at radius 3 is 2.62 bits per heavy atom. The molecule has 0 fully saturated rings.